The van der Waals surface area contributed by atoms with Gasteiger partial charge in [0.15, 0.2) is 11.6 Å². The molecule has 1 fully saturated rings. The molecule has 1 aromatic heterocycles. The zero-order valence-corrected chi connectivity index (χ0v) is 16.1. The highest BCUT2D eigenvalue weighted by Gasteiger charge is 2.32. The summed E-state index contributed by atoms with van der Waals surface area (Å²) in [5.41, 5.74) is 1.24. The van der Waals surface area contributed by atoms with Crippen molar-refractivity contribution in [1.29, 1.82) is 0 Å². The van der Waals surface area contributed by atoms with Crippen molar-refractivity contribution in [1.82, 2.24) is 14.9 Å². The smallest absolute Gasteiger partial charge is 0.410 e. The number of nitrogens with one attached hydrogen (secondary N) is 1. The van der Waals surface area contributed by atoms with Crippen LogP contribution in [0, 0.1) is 0 Å². The fraction of sp³-hybridized carbons (Fsp3) is 0.526. The molecular formula is C19H27N5O2. The van der Waals surface area contributed by atoms with Crippen LogP contribution in [0.25, 0.3) is 11.0 Å². The third-order valence-electron chi connectivity index (χ3n) is 4.34. The van der Waals surface area contributed by atoms with Gasteiger partial charge in [0.25, 0.3) is 0 Å². The summed E-state index contributed by atoms with van der Waals surface area (Å²) in [7, 11) is 1.85. The minimum Gasteiger partial charge on any atom is -0.444 e. The van der Waals surface area contributed by atoms with Gasteiger partial charge in [-0.2, -0.15) is 0 Å². The summed E-state index contributed by atoms with van der Waals surface area (Å²) in [6, 6.07) is 7.86. The first-order chi connectivity index (χ1) is 12.3. The predicted octanol–water partition coefficient (Wildman–Crippen LogP) is 3.12. The normalized spacial score (nSPS) is 18.1. The Bertz CT molecular complexity index is 802. The number of nitrogens with zero attached hydrogens (tertiary/aromatic N) is 4. The van der Waals surface area contributed by atoms with E-state index in [2.05, 4.69) is 15.2 Å². The highest BCUT2D eigenvalue weighted by Crippen LogP contribution is 2.27. The van der Waals surface area contributed by atoms with E-state index in [1.54, 1.807) is 4.90 Å². The standard InChI is InChI=1S/C19H27N5O2/c1-13-12-23(10-11-24(13)18(25)26-19(2,3)4)17-16(20-5)21-14-8-6-7-9-15(14)22-17/h6-9,13H,10-12H2,1-5H3,(H,20,21). The number of fused-ring (bicyclic) bond motifs is 1. The number of ether oxygens (including phenoxy) is 1. The second-order valence-electron chi connectivity index (χ2n) is 7.60. The molecule has 140 valence electrons. The van der Waals surface area contributed by atoms with Crippen molar-refractivity contribution in [2.24, 2.45) is 0 Å². The van der Waals surface area contributed by atoms with Crippen molar-refractivity contribution >= 4 is 28.8 Å². The van der Waals surface area contributed by atoms with Gasteiger partial charge in [-0.25, -0.2) is 14.8 Å². The SMILES string of the molecule is CNc1nc2ccccc2nc1N1CCN(C(=O)OC(C)(C)C)C(C)C1. The number of anilines is 2. The van der Waals surface area contributed by atoms with Gasteiger partial charge in [-0.3, -0.25) is 0 Å². The third-order valence-corrected chi connectivity index (χ3v) is 4.34. The van der Waals surface area contributed by atoms with Crippen LogP contribution in [-0.4, -0.2) is 59.3 Å². The predicted molar refractivity (Wildman–Crippen MR) is 104 cm³/mol. The number of amides is 1. The van der Waals surface area contributed by atoms with Crippen LogP contribution in [0.2, 0.25) is 0 Å². The average molecular weight is 357 g/mol. The summed E-state index contributed by atoms with van der Waals surface area (Å²) in [5, 5.41) is 3.14. The van der Waals surface area contributed by atoms with Gasteiger partial charge in [-0.05, 0) is 39.8 Å². The number of hydrogen-bond donors (Lipinski definition) is 1. The summed E-state index contributed by atoms with van der Waals surface area (Å²) >= 11 is 0. The van der Waals surface area contributed by atoms with Crippen LogP contribution >= 0.6 is 0 Å². The van der Waals surface area contributed by atoms with Crippen LogP contribution in [0.4, 0.5) is 16.4 Å². The Balaban J connectivity index is 1.80. The van der Waals surface area contributed by atoms with E-state index >= 15 is 0 Å². The fourth-order valence-corrected chi connectivity index (χ4v) is 3.12. The first-order valence-electron chi connectivity index (χ1n) is 8.97. The van der Waals surface area contributed by atoms with E-state index in [4.69, 9.17) is 9.72 Å². The molecule has 2 aromatic rings. The Labute approximate surface area is 154 Å². The van der Waals surface area contributed by atoms with Gasteiger partial charge in [-0.15, -0.1) is 0 Å². The summed E-state index contributed by atoms with van der Waals surface area (Å²) in [6.45, 7) is 9.64. The highest BCUT2D eigenvalue weighted by atomic mass is 16.6. The molecule has 7 nitrogen and oxygen atoms in total. The molecule has 0 spiro atoms. The molecule has 7 heteroatoms. The average Bonchev–Trinajstić information content (AvgIpc) is 2.58. The van der Waals surface area contributed by atoms with Crippen molar-refractivity contribution < 1.29 is 9.53 Å². The van der Waals surface area contributed by atoms with Crippen LogP contribution in [0.5, 0.6) is 0 Å². The van der Waals surface area contributed by atoms with Crippen LogP contribution < -0.4 is 10.2 Å². The fourth-order valence-electron chi connectivity index (χ4n) is 3.12. The van der Waals surface area contributed by atoms with Gasteiger partial charge in [0.05, 0.1) is 11.0 Å². The molecule has 1 aliphatic rings. The van der Waals surface area contributed by atoms with Gasteiger partial charge in [-0.1, -0.05) is 12.1 Å². The summed E-state index contributed by atoms with van der Waals surface area (Å²) in [4.78, 5) is 25.9. The first kappa shape index (κ1) is 18.2. The van der Waals surface area contributed by atoms with Crippen LogP contribution in [0.3, 0.4) is 0 Å². The van der Waals surface area contributed by atoms with Crippen molar-refractivity contribution in [2.75, 3.05) is 36.9 Å². The molecule has 1 aliphatic heterocycles. The minimum absolute atomic E-state index is 0.0246. The molecule has 26 heavy (non-hydrogen) atoms. The van der Waals surface area contributed by atoms with E-state index in [0.717, 1.165) is 22.7 Å². The largest absolute Gasteiger partial charge is 0.444 e. The molecule has 2 heterocycles. The quantitative estimate of drug-likeness (QED) is 0.890. The lowest BCUT2D eigenvalue weighted by Gasteiger charge is -2.41. The summed E-state index contributed by atoms with van der Waals surface area (Å²) in [6.07, 6.45) is -0.261. The lowest BCUT2D eigenvalue weighted by molar-refractivity contribution is 0.0158. The van der Waals surface area contributed by atoms with E-state index in [-0.39, 0.29) is 12.1 Å². The van der Waals surface area contributed by atoms with Crippen molar-refractivity contribution in [3.63, 3.8) is 0 Å². The Morgan fingerprint density at radius 3 is 2.42 bits per heavy atom. The van der Waals surface area contributed by atoms with Crippen LogP contribution in [0.1, 0.15) is 27.7 Å². The van der Waals surface area contributed by atoms with Gasteiger partial charge in [0.2, 0.25) is 0 Å². The molecular weight excluding hydrogens is 330 g/mol. The Hall–Kier alpha value is -2.57. The maximum absolute atomic E-state index is 12.4. The Morgan fingerprint density at radius 2 is 1.85 bits per heavy atom. The molecule has 1 aromatic carbocycles. The molecule has 0 radical (unpaired) electrons. The number of benzene rings is 1. The third kappa shape index (κ3) is 3.81. The van der Waals surface area contributed by atoms with Gasteiger partial charge in [0, 0.05) is 32.7 Å². The molecule has 0 bridgehead atoms. The Morgan fingerprint density at radius 1 is 1.19 bits per heavy atom. The van der Waals surface area contributed by atoms with E-state index in [1.807, 2.05) is 59.0 Å². The molecule has 3 rings (SSSR count). The maximum atomic E-state index is 12.4. The van der Waals surface area contributed by atoms with Gasteiger partial charge < -0.3 is 19.9 Å². The molecule has 1 saturated heterocycles. The number of carbonyl (C=O) groups excluding carboxylic acids is 1. The number of rotatable bonds is 2. The number of carbonyl (C=O) groups is 1. The maximum Gasteiger partial charge on any atom is 0.410 e. The van der Waals surface area contributed by atoms with Gasteiger partial charge >= 0.3 is 6.09 Å². The first-order valence-corrected chi connectivity index (χ1v) is 8.97. The second-order valence-corrected chi connectivity index (χ2v) is 7.60. The van der Waals surface area contributed by atoms with Crippen LogP contribution in [-0.2, 0) is 4.74 Å². The van der Waals surface area contributed by atoms with Crippen molar-refractivity contribution in [3.8, 4) is 0 Å². The zero-order valence-electron chi connectivity index (χ0n) is 16.1. The topological polar surface area (TPSA) is 70.6 Å². The van der Waals surface area contributed by atoms with Gasteiger partial charge in [0.1, 0.15) is 5.60 Å². The monoisotopic (exact) mass is 357 g/mol. The second kappa shape index (κ2) is 6.97. The van der Waals surface area contributed by atoms with Crippen LogP contribution in [0.15, 0.2) is 24.3 Å². The molecule has 0 aliphatic carbocycles. The summed E-state index contributed by atoms with van der Waals surface area (Å²) in [5.74, 6) is 1.57. The number of hydrogen-bond acceptors (Lipinski definition) is 6. The number of piperazine rings is 1. The summed E-state index contributed by atoms with van der Waals surface area (Å²) < 4.78 is 5.52. The lowest BCUT2D eigenvalue weighted by Crippen LogP contribution is -2.55. The Kier molecular flexibility index (Phi) is 4.89. The van der Waals surface area contributed by atoms with E-state index < -0.39 is 5.60 Å². The molecule has 1 N–H and O–H groups in total. The van der Waals surface area contributed by atoms with Crippen molar-refractivity contribution in [3.05, 3.63) is 24.3 Å². The minimum atomic E-state index is -0.489. The molecule has 1 unspecified atom stereocenters. The number of aromatic nitrogens is 2. The van der Waals surface area contributed by atoms with Crippen molar-refractivity contribution in [2.45, 2.75) is 39.3 Å². The van der Waals surface area contributed by atoms with E-state index in [0.29, 0.717) is 19.6 Å². The van der Waals surface area contributed by atoms with E-state index in [9.17, 15) is 4.79 Å². The highest BCUT2D eigenvalue weighted by molar-refractivity contribution is 5.80. The van der Waals surface area contributed by atoms with E-state index in [1.165, 1.54) is 0 Å². The zero-order chi connectivity index (χ0) is 18.9. The molecule has 1 atom stereocenters. The molecule has 0 saturated carbocycles. The number of para-hydroxylation sites is 2. The lowest BCUT2D eigenvalue weighted by atomic mass is 10.2. The molecule has 1 amide bonds.